The van der Waals surface area contributed by atoms with E-state index in [1.165, 1.54) is 0 Å². The molecule has 2 heterocycles. The Morgan fingerprint density at radius 2 is 1.40 bits per heavy atom. The van der Waals surface area contributed by atoms with Crippen molar-refractivity contribution in [1.82, 2.24) is 0 Å². The first kappa shape index (κ1) is 24.8. The molecule has 0 amide bonds. The molecule has 172 valence electrons. The number of ether oxygens (including phenoxy) is 3. The Hall–Kier alpha value is -1.42. The van der Waals surface area contributed by atoms with E-state index < -0.39 is 74.6 Å². The number of phenolic OH excluding ortho intramolecular Hbond substituents is 1. The molecule has 9 N–H and O–H groups in total. The van der Waals surface area contributed by atoms with Gasteiger partial charge in [0, 0.05) is 0 Å². The van der Waals surface area contributed by atoms with Gasteiger partial charge in [0.2, 0.25) is 5.79 Å². The molecular weight excluding hydrogens is 408 g/mol. The molecular formula is C18H28O12. The number of hydrogen-bond donors (Lipinski definition) is 9. The second-order valence-electron chi connectivity index (χ2n) is 6.89. The van der Waals surface area contributed by atoms with E-state index in [-0.39, 0.29) is 0 Å². The highest BCUT2D eigenvalue weighted by Gasteiger charge is 2.58. The number of para-hydroxylation sites is 1. The highest BCUT2D eigenvalue weighted by molar-refractivity contribution is 5.18. The summed E-state index contributed by atoms with van der Waals surface area (Å²) in [7, 11) is 0. The van der Waals surface area contributed by atoms with Crippen LogP contribution in [0.3, 0.4) is 0 Å². The molecule has 0 bridgehead atoms. The van der Waals surface area contributed by atoms with Crippen LogP contribution in [0.1, 0.15) is 0 Å². The molecule has 12 heteroatoms. The van der Waals surface area contributed by atoms with Crippen LogP contribution in [-0.2, 0) is 14.2 Å². The van der Waals surface area contributed by atoms with Crippen molar-refractivity contribution < 1.29 is 60.2 Å². The summed E-state index contributed by atoms with van der Waals surface area (Å²) in [6.07, 6.45) is -12.7. The molecule has 12 nitrogen and oxygen atoms in total. The molecule has 0 aliphatic carbocycles. The number of aliphatic hydroxyl groups is 8. The van der Waals surface area contributed by atoms with Gasteiger partial charge in [0.1, 0.15) is 55.1 Å². The van der Waals surface area contributed by atoms with Gasteiger partial charge in [0.25, 0.3) is 0 Å². The Kier molecular flexibility index (Phi) is 8.90. The molecule has 2 aliphatic heterocycles. The molecule has 2 aliphatic rings. The molecule has 0 spiro atoms. The van der Waals surface area contributed by atoms with E-state index in [1.807, 2.05) is 6.07 Å². The van der Waals surface area contributed by atoms with Gasteiger partial charge in [-0.1, -0.05) is 18.2 Å². The van der Waals surface area contributed by atoms with E-state index in [0.29, 0.717) is 5.75 Å². The third-order valence-corrected chi connectivity index (χ3v) is 4.83. The smallest absolute Gasteiger partial charge is 0.224 e. The molecule has 2 saturated heterocycles. The van der Waals surface area contributed by atoms with Gasteiger partial charge in [-0.3, -0.25) is 0 Å². The minimum Gasteiger partial charge on any atom is -0.508 e. The van der Waals surface area contributed by atoms with Crippen LogP contribution in [0, 0.1) is 0 Å². The molecule has 0 aromatic heterocycles. The number of aromatic hydroxyl groups is 1. The van der Waals surface area contributed by atoms with E-state index in [2.05, 4.69) is 0 Å². The van der Waals surface area contributed by atoms with Gasteiger partial charge >= 0.3 is 0 Å². The van der Waals surface area contributed by atoms with E-state index >= 15 is 0 Å². The summed E-state index contributed by atoms with van der Waals surface area (Å²) in [6.45, 7) is -2.32. The second kappa shape index (κ2) is 10.7. The van der Waals surface area contributed by atoms with Crippen molar-refractivity contribution in [3.8, 4) is 5.75 Å². The summed E-state index contributed by atoms with van der Waals surface area (Å²) in [5.74, 6) is -1.90. The summed E-state index contributed by atoms with van der Waals surface area (Å²) in [5.41, 5.74) is 0. The summed E-state index contributed by atoms with van der Waals surface area (Å²) in [5, 5.41) is 85.3. The molecule has 0 unspecified atom stereocenters. The van der Waals surface area contributed by atoms with Crippen molar-refractivity contribution in [1.29, 1.82) is 0 Å². The van der Waals surface area contributed by atoms with Gasteiger partial charge in [-0.25, -0.2) is 0 Å². The number of phenols is 1. The van der Waals surface area contributed by atoms with Gasteiger partial charge in [0.05, 0.1) is 13.2 Å². The van der Waals surface area contributed by atoms with Gasteiger partial charge < -0.3 is 60.2 Å². The molecule has 9 atom stereocenters. The van der Waals surface area contributed by atoms with Crippen LogP contribution in [0.15, 0.2) is 30.3 Å². The fraction of sp³-hybridized carbons (Fsp3) is 0.667. The maximum atomic E-state index is 10.00. The van der Waals surface area contributed by atoms with E-state index in [9.17, 15) is 30.6 Å². The van der Waals surface area contributed by atoms with Gasteiger partial charge in [-0.05, 0) is 12.1 Å². The van der Waals surface area contributed by atoms with Crippen LogP contribution in [0.4, 0.5) is 0 Å². The standard InChI is InChI=1S/C12H22O11.C6H6O/c13-1-4-6(16)8(18)9(19)11(21-4)23-12(3-15)10(20)7(17)5(2-14)22-12;7-6-4-2-1-3-5-6/h4-11,13-20H,1-3H2;1-5,7H/t4-,5-,6-,7-,8+,9-,10+,11-,12+;/m1./s1. The number of benzene rings is 1. The fourth-order valence-corrected chi connectivity index (χ4v) is 3.06. The predicted octanol–water partition coefficient (Wildman–Crippen LogP) is -4.00. The minimum atomic E-state index is -2.22. The summed E-state index contributed by atoms with van der Waals surface area (Å²) in [6, 6.07) is 8.71. The van der Waals surface area contributed by atoms with Crippen LogP contribution in [0.5, 0.6) is 5.75 Å². The van der Waals surface area contributed by atoms with E-state index in [0.717, 1.165) is 0 Å². The first-order valence-electron chi connectivity index (χ1n) is 9.18. The van der Waals surface area contributed by atoms with Gasteiger partial charge in [-0.2, -0.15) is 0 Å². The minimum absolute atomic E-state index is 0.322. The monoisotopic (exact) mass is 436 g/mol. The lowest BCUT2D eigenvalue weighted by molar-refractivity contribution is -0.383. The topological polar surface area (TPSA) is 210 Å². The molecule has 1 aromatic carbocycles. The summed E-state index contributed by atoms with van der Waals surface area (Å²) < 4.78 is 15.4. The molecule has 2 fully saturated rings. The van der Waals surface area contributed by atoms with Crippen molar-refractivity contribution in [2.24, 2.45) is 0 Å². The average molecular weight is 436 g/mol. The number of rotatable bonds is 5. The second-order valence-corrected chi connectivity index (χ2v) is 6.89. The first-order chi connectivity index (χ1) is 14.2. The first-order valence-corrected chi connectivity index (χ1v) is 9.18. The van der Waals surface area contributed by atoms with Crippen molar-refractivity contribution >= 4 is 0 Å². The Balaban J connectivity index is 0.000000386. The normalized spacial score (nSPS) is 41.2. The van der Waals surface area contributed by atoms with Crippen LogP contribution in [-0.4, -0.2) is 121 Å². The van der Waals surface area contributed by atoms with Crippen molar-refractivity contribution in [3.05, 3.63) is 30.3 Å². The lowest BCUT2D eigenvalue weighted by Crippen LogP contribution is -2.62. The molecule has 0 radical (unpaired) electrons. The van der Waals surface area contributed by atoms with E-state index in [4.69, 9.17) is 29.5 Å². The quantitative estimate of drug-likeness (QED) is 0.216. The fourth-order valence-electron chi connectivity index (χ4n) is 3.06. The zero-order valence-electron chi connectivity index (χ0n) is 15.9. The van der Waals surface area contributed by atoms with Gasteiger partial charge in [-0.15, -0.1) is 0 Å². The highest BCUT2D eigenvalue weighted by Crippen LogP contribution is 2.35. The number of hydrogen-bond acceptors (Lipinski definition) is 12. The molecule has 3 rings (SSSR count). The van der Waals surface area contributed by atoms with Crippen LogP contribution in [0.25, 0.3) is 0 Å². The molecule has 0 saturated carbocycles. The molecule has 1 aromatic rings. The largest absolute Gasteiger partial charge is 0.508 e. The summed E-state index contributed by atoms with van der Waals surface area (Å²) >= 11 is 0. The van der Waals surface area contributed by atoms with Crippen molar-refractivity contribution in [3.63, 3.8) is 0 Å². The molecule has 30 heavy (non-hydrogen) atoms. The zero-order chi connectivity index (χ0) is 22.5. The zero-order valence-corrected chi connectivity index (χ0v) is 15.9. The van der Waals surface area contributed by atoms with Crippen LogP contribution < -0.4 is 0 Å². The summed E-state index contributed by atoms with van der Waals surface area (Å²) in [4.78, 5) is 0. The van der Waals surface area contributed by atoms with Crippen LogP contribution in [0.2, 0.25) is 0 Å². The predicted molar refractivity (Wildman–Crippen MR) is 96.7 cm³/mol. The third kappa shape index (κ3) is 5.25. The maximum Gasteiger partial charge on any atom is 0.224 e. The lowest BCUT2D eigenvalue weighted by Gasteiger charge is -2.43. The Morgan fingerprint density at radius 3 is 1.83 bits per heavy atom. The maximum absolute atomic E-state index is 10.00. The number of aliphatic hydroxyl groups excluding tert-OH is 8. The van der Waals surface area contributed by atoms with E-state index in [1.54, 1.807) is 24.3 Å². The van der Waals surface area contributed by atoms with Crippen LogP contribution >= 0.6 is 0 Å². The highest BCUT2D eigenvalue weighted by atomic mass is 16.8. The van der Waals surface area contributed by atoms with Gasteiger partial charge in [0.15, 0.2) is 6.29 Å². The Morgan fingerprint density at radius 1 is 0.800 bits per heavy atom. The Labute approximate surface area is 171 Å². The van der Waals surface area contributed by atoms with Crippen molar-refractivity contribution in [2.45, 2.75) is 54.8 Å². The lowest BCUT2D eigenvalue weighted by atomic mass is 9.99. The van der Waals surface area contributed by atoms with Crippen molar-refractivity contribution in [2.75, 3.05) is 19.8 Å². The third-order valence-electron chi connectivity index (χ3n) is 4.83. The SMILES string of the molecule is OC[C@H]1O[C@@](CO)(O[C@H]2O[C@H](CO)[C@@H](O)[C@H](O)[C@H]2O)[C@@H](O)[C@@H]1O.Oc1ccccc1. The average Bonchev–Trinajstić information content (AvgIpc) is 3.00. The Bertz CT molecular complexity index is 631.